The highest BCUT2D eigenvalue weighted by molar-refractivity contribution is 6.31. The highest BCUT2D eigenvalue weighted by Crippen LogP contribution is 2.67. The monoisotopic (exact) mass is 211 g/mol. The van der Waals surface area contributed by atoms with Crippen molar-refractivity contribution in [1.82, 2.24) is 0 Å². The van der Waals surface area contributed by atoms with Crippen molar-refractivity contribution in [2.45, 2.75) is 30.2 Å². The van der Waals surface area contributed by atoms with Gasteiger partial charge in [0.25, 0.3) is 0 Å². The molecule has 0 unspecified atom stereocenters. The Balaban J connectivity index is 2.01. The first-order valence-corrected chi connectivity index (χ1v) is 5.15. The summed E-state index contributed by atoms with van der Waals surface area (Å²) in [5, 5.41) is 0.674. The predicted octanol–water partition coefficient (Wildman–Crippen LogP) is 2.61. The van der Waals surface area contributed by atoms with E-state index in [9.17, 15) is 4.39 Å². The van der Waals surface area contributed by atoms with Crippen LogP contribution < -0.4 is 5.73 Å². The Morgan fingerprint density at radius 3 is 2.50 bits per heavy atom. The van der Waals surface area contributed by atoms with Crippen molar-refractivity contribution in [2.24, 2.45) is 5.73 Å². The average Bonchev–Trinajstić information content (AvgIpc) is 2.02. The maximum absolute atomic E-state index is 13.1. The topological polar surface area (TPSA) is 26.0 Å². The molecule has 1 aromatic rings. The van der Waals surface area contributed by atoms with Crippen molar-refractivity contribution >= 4 is 11.6 Å². The third-order valence-corrected chi connectivity index (χ3v) is 3.90. The minimum atomic E-state index is -0.208. The summed E-state index contributed by atoms with van der Waals surface area (Å²) < 4.78 is 13.1. The molecule has 0 atom stereocenters. The number of rotatable bonds is 1. The first kappa shape index (κ1) is 8.69. The lowest BCUT2D eigenvalue weighted by atomic mass is 9.38. The number of nitrogens with two attached hydrogens (primary N) is 1. The molecular weight excluding hydrogens is 201 g/mol. The molecule has 74 valence electrons. The fourth-order valence-corrected chi connectivity index (χ4v) is 3.37. The van der Waals surface area contributed by atoms with Crippen LogP contribution in [0.25, 0.3) is 0 Å². The lowest BCUT2D eigenvalue weighted by Gasteiger charge is -2.69. The zero-order chi connectivity index (χ0) is 9.97. The summed E-state index contributed by atoms with van der Waals surface area (Å²) in [6.07, 6.45) is 2.88. The highest BCUT2D eigenvalue weighted by atomic mass is 35.5. The molecule has 14 heavy (non-hydrogen) atoms. The highest BCUT2D eigenvalue weighted by Gasteiger charge is 2.66. The van der Waals surface area contributed by atoms with Gasteiger partial charge in [-0.2, -0.15) is 0 Å². The zero-order valence-electron chi connectivity index (χ0n) is 7.69. The van der Waals surface area contributed by atoms with Crippen LogP contribution in [-0.2, 0) is 5.41 Å². The molecule has 3 fully saturated rings. The van der Waals surface area contributed by atoms with Gasteiger partial charge in [0, 0.05) is 16.0 Å². The summed E-state index contributed by atoms with van der Waals surface area (Å²) in [7, 11) is 0. The molecule has 0 spiro atoms. The number of hydrogen-bond acceptors (Lipinski definition) is 1. The van der Waals surface area contributed by atoms with E-state index >= 15 is 0 Å². The maximum atomic E-state index is 13.1. The van der Waals surface area contributed by atoms with Gasteiger partial charge in [-0.15, -0.1) is 0 Å². The predicted molar refractivity (Wildman–Crippen MR) is 53.9 cm³/mol. The fraction of sp³-hybridized carbons (Fsp3) is 0.455. The second kappa shape index (κ2) is 2.31. The van der Waals surface area contributed by atoms with E-state index in [1.807, 2.05) is 0 Å². The molecule has 3 saturated carbocycles. The van der Waals surface area contributed by atoms with Crippen molar-refractivity contribution in [3.63, 3.8) is 0 Å². The normalized spacial score (nSPS) is 38.8. The Kier molecular flexibility index (Phi) is 1.43. The Hall–Kier alpha value is -0.600. The second-order valence-electron chi connectivity index (χ2n) is 4.80. The zero-order valence-corrected chi connectivity index (χ0v) is 8.44. The summed E-state index contributed by atoms with van der Waals surface area (Å²) >= 11 is 6.06. The Labute approximate surface area is 87.1 Å². The van der Waals surface area contributed by atoms with Crippen LogP contribution in [0.4, 0.5) is 4.39 Å². The van der Waals surface area contributed by atoms with Crippen molar-refractivity contribution in [1.29, 1.82) is 0 Å². The van der Waals surface area contributed by atoms with Gasteiger partial charge in [0.15, 0.2) is 0 Å². The van der Waals surface area contributed by atoms with E-state index in [-0.39, 0.29) is 16.8 Å². The van der Waals surface area contributed by atoms with Crippen molar-refractivity contribution in [2.75, 3.05) is 0 Å². The summed E-state index contributed by atoms with van der Waals surface area (Å²) in [4.78, 5) is 0. The number of halogens is 2. The molecule has 2 bridgehead atoms. The van der Waals surface area contributed by atoms with Crippen LogP contribution in [-0.4, -0.2) is 5.54 Å². The molecule has 1 aromatic carbocycles. The van der Waals surface area contributed by atoms with E-state index in [1.54, 1.807) is 12.1 Å². The molecule has 0 aromatic heterocycles. The van der Waals surface area contributed by atoms with Crippen molar-refractivity contribution in [3.8, 4) is 0 Å². The van der Waals surface area contributed by atoms with E-state index in [1.165, 1.54) is 6.07 Å². The van der Waals surface area contributed by atoms with Crippen molar-refractivity contribution < 1.29 is 4.39 Å². The van der Waals surface area contributed by atoms with E-state index in [4.69, 9.17) is 17.3 Å². The number of benzene rings is 1. The molecule has 0 amide bonds. The fourth-order valence-electron chi connectivity index (χ4n) is 3.06. The van der Waals surface area contributed by atoms with E-state index in [2.05, 4.69) is 0 Å². The largest absolute Gasteiger partial charge is 0.325 e. The van der Waals surface area contributed by atoms with Gasteiger partial charge in [-0.25, -0.2) is 4.39 Å². The first-order chi connectivity index (χ1) is 6.53. The molecule has 0 saturated heterocycles. The third kappa shape index (κ3) is 0.931. The summed E-state index contributed by atoms with van der Waals surface area (Å²) in [5.74, 6) is -0.208. The average molecular weight is 212 g/mol. The Morgan fingerprint density at radius 2 is 1.93 bits per heavy atom. The molecule has 0 radical (unpaired) electrons. The second-order valence-corrected chi connectivity index (χ2v) is 5.20. The van der Waals surface area contributed by atoms with Crippen LogP contribution in [0.2, 0.25) is 5.02 Å². The van der Waals surface area contributed by atoms with Gasteiger partial charge < -0.3 is 5.73 Å². The summed E-state index contributed by atoms with van der Waals surface area (Å²) in [5.41, 5.74) is 7.05. The van der Waals surface area contributed by atoms with Gasteiger partial charge in [-0.3, -0.25) is 0 Å². The minimum absolute atomic E-state index is 0.0373. The molecule has 3 heteroatoms. The quantitative estimate of drug-likeness (QED) is 0.759. The maximum Gasteiger partial charge on any atom is 0.123 e. The van der Waals surface area contributed by atoms with Gasteiger partial charge in [0.05, 0.1) is 0 Å². The van der Waals surface area contributed by atoms with Gasteiger partial charge in [-0.1, -0.05) is 11.6 Å². The van der Waals surface area contributed by atoms with Crippen LogP contribution >= 0.6 is 11.6 Å². The van der Waals surface area contributed by atoms with Crippen LogP contribution in [0.15, 0.2) is 18.2 Å². The van der Waals surface area contributed by atoms with Crippen LogP contribution in [0.5, 0.6) is 0 Å². The van der Waals surface area contributed by atoms with Crippen LogP contribution in [0, 0.1) is 5.82 Å². The third-order valence-electron chi connectivity index (χ3n) is 3.57. The van der Waals surface area contributed by atoms with E-state index in [0.717, 1.165) is 24.8 Å². The van der Waals surface area contributed by atoms with Crippen LogP contribution in [0.3, 0.4) is 0 Å². The Bertz CT molecular complexity index is 396. The van der Waals surface area contributed by atoms with Crippen molar-refractivity contribution in [3.05, 3.63) is 34.6 Å². The molecular formula is C11H11ClFN. The summed E-state index contributed by atoms with van der Waals surface area (Å²) in [6, 6.07) is 4.59. The first-order valence-electron chi connectivity index (χ1n) is 4.78. The molecule has 1 nitrogen and oxygen atoms in total. The molecule has 0 aliphatic heterocycles. The summed E-state index contributed by atoms with van der Waals surface area (Å²) in [6.45, 7) is 0. The van der Waals surface area contributed by atoms with Crippen LogP contribution in [0.1, 0.15) is 24.8 Å². The number of hydrogen-bond donors (Lipinski definition) is 1. The minimum Gasteiger partial charge on any atom is -0.325 e. The molecule has 2 N–H and O–H groups in total. The Morgan fingerprint density at radius 1 is 1.29 bits per heavy atom. The smallest absolute Gasteiger partial charge is 0.123 e. The van der Waals surface area contributed by atoms with Gasteiger partial charge in [0.1, 0.15) is 5.82 Å². The lowest BCUT2D eigenvalue weighted by Crippen LogP contribution is -2.74. The van der Waals surface area contributed by atoms with Gasteiger partial charge in [0.2, 0.25) is 0 Å². The van der Waals surface area contributed by atoms with E-state index < -0.39 is 0 Å². The molecule has 0 heterocycles. The van der Waals surface area contributed by atoms with Gasteiger partial charge >= 0.3 is 0 Å². The standard InChI is InChI=1S/C11H11ClFN/c12-9-2-1-7(13)3-8(9)10-4-11(14,5-10)6-10/h1-3H,4-6,14H2. The molecule has 3 aliphatic carbocycles. The SMILES string of the molecule is NC12CC(c3cc(F)ccc3Cl)(C1)C2. The van der Waals surface area contributed by atoms with Gasteiger partial charge in [-0.05, 0) is 43.0 Å². The molecule has 3 aliphatic rings. The van der Waals surface area contributed by atoms with E-state index in [0.29, 0.717) is 5.02 Å². The molecule has 4 rings (SSSR count). The lowest BCUT2D eigenvalue weighted by molar-refractivity contribution is -0.0590.